The number of nitrogens with zero attached hydrogens (tertiary/aromatic N) is 2. The summed E-state index contributed by atoms with van der Waals surface area (Å²) in [7, 11) is 1.65. The number of hydrogen-bond donors (Lipinski definition) is 1. The molecule has 0 aliphatic carbocycles. The van der Waals surface area contributed by atoms with E-state index >= 15 is 0 Å². The van der Waals surface area contributed by atoms with Crippen molar-refractivity contribution in [1.82, 2.24) is 9.97 Å². The molecule has 0 saturated heterocycles. The summed E-state index contributed by atoms with van der Waals surface area (Å²) < 4.78 is 26.8. The van der Waals surface area contributed by atoms with E-state index < -0.39 is 11.6 Å². The van der Waals surface area contributed by atoms with E-state index in [1.54, 1.807) is 7.05 Å². The van der Waals surface area contributed by atoms with Crippen LogP contribution in [0, 0.1) is 11.6 Å². The molecule has 2 rings (SSSR count). The van der Waals surface area contributed by atoms with Gasteiger partial charge >= 0.3 is 0 Å². The lowest BCUT2D eigenvalue weighted by Gasteiger charge is -2.07. The first-order valence-electron chi connectivity index (χ1n) is 4.77. The summed E-state index contributed by atoms with van der Waals surface area (Å²) in [6, 6.07) is 2.25. The van der Waals surface area contributed by atoms with Gasteiger partial charge < -0.3 is 5.32 Å². The average Bonchev–Trinajstić information content (AvgIpc) is 2.35. The lowest BCUT2D eigenvalue weighted by molar-refractivity contribution is 0.511. The lowest BCUT2D eigenvalue weighted by atomic mass is 10.1. The largest absolute Gasteiger partial charge is 0.372 e. The molecular formula is C11H8ClF2N3. The molecule has 2 aromatic rings. The van der Waals surface area contributed by atoms with Gasteiger partial charge in [0, 0.05) is 7.05 Å². The van der Waals surface area contributed by atoms with Gasteiger partial charge in [-0.3, -0.25) is 4.98 Å². The smallest absolute Gasteiger partial charge is 0.169 e. The fourth-order valence-corrected chi connectivity index (χ4v) is 1.61. The van der Waals surface area contributed by atoms with Crippen molar-refractivity contribution in [3.63, 3.8) is 0 Å². The van der Waals surface area contributed by atoms with Crippen molar-refractivity contribution in [2.45, 2.75) is 0 Å². The SMILES string of the molecule is CNc1cncc(-c2c(Cl)ccc(F)c2F)n1. The van der Waals surface area contributed by atoms with Gasteiger partial charge in [-0.2, -0.15) is 0 Å². The maximum Gasteiger partial charge on any atom is 0.169 e. The van der Waals surface area contributed by atoms with Gasteiger partial charge in [-0.1, -0.05) is 11.6 Å². The van der Waals surface area contributed by atoms with Crippen LogP contribution >= 0.6 is 11.6 Å². The Labute approximate surface area is 101 Å². The summed E-state index contributed by atoms with van der Waals surface area (Å²) in [5, 5.41) is 2.85. The maximum atomic E-state index is 13.6. The minimum Gasteiger partial charge on any atom is -0.372 e. The van der Waals surface area contributed by atoms with E-state index in [1.807, 2.05) is 0 Å². The highest BCUT2D eigenvalue weighted by Crippen LogP contribution is 2.30. The van der Waals surface area contributed by atoms with E-state index in [0.29, 0.717) is 5.82 Å². The Bertz CT molecular complexity index is 560. The fourth-order valence-electron chi connectivity index (χ4n) is 1.37. The molecule has 17 heavy (non-hydrogen) atoms. The van der Waals surface area contributed by atoms with E-state index in [2.05, 4.69) is 15.3 Å². The zero-order chi connectivity index (χ0) is 12.4. The summed E-state index contributed by atoms with van der Waals surface area (Å²) in [5.74, 6) is -1.55. The molecule has 0 spiro atoms. The van der Waals surface area contributed by atoms with Gasteiger partial charge in [-0.05, 0) is 12.1 Å². The van der Waals surface area contributed by atoms with E-state index in [4.69, 9.17) is 11.6 Å². The molecular weight excluding hydrogens is 248 g/mol. The standard InChI is InChI=1S/C11H8ClF2N3/c1-15-9-5-16-4-8(17-9)10-6(12)2-3-7(13)11(10)14/h2-5H,1H3,(H,15,17). The molecule has 1 heterocycles. The monoisotopic (exact) mass is 255 g/mol. The van der Waals surface area contributed by atoms with Gasteiger partial charge in [0.2, 0.25) is 0 Å². The second-order valence-corrected chi connectivity index (χ2v) is 3.66. The number of benzene rings is 1. The lowest BCUT2D eigenvalue weighted by Crippen LogP contribution is -1.98. The maximum absolute atomic E-state index is 13.6. The number of nitrogens with one attached hydrogen (secondary N) is 1. The third kappa shape index (κ3) is 2.19. The van der Waals surface area contributed by atoms with Crippen molar-refractivity contribution in [1.29, 1.82) is 0 Å². The summed E-state index contributed by atoms with van der Waals surface area (Å²) in [5.41, 5.74) is 0.0927. The van der Waals surface area contributed by atoms with Gasteiger partial charge in [0.05, 0.1) is 28.7 Å². The van der Waals surface area contributed by atoms with Crippen LogP contribution in [0.5, 0.6) is 0 Å². The van der Waals surface area contributed by atoms with Gasteiger partial charge in [0.15, 0.2) is 11.6 Å². The van der Waals surface area contributed by atoms with Crippen LogP contribution in [0.25, 0.3) is 11.3 Å². The van der Waals surface area contributed by atoms with E-state index in [1.165, 1.54) is 18.5 Å². The molecule has 0 saturated carbocycles. The van der Waals surface area contributed by atoms with Crippen molar-refractivity contribution >= 4 is 17.4 Å². The minimum absolute atomic E-state index is 0.0868. The van der Waals surface area contributed by atoms with Crippen molar-refractivity contribution < 1.29 is 8.78 Å². The molecule has 3 nitrogen and oxygen atoms in total. The summed E-state index contributed by atoms with van der Waals surface area (Å²) in [4.78, 5) is 7.93. The van der Waals surface area contributed by atoms with E-state index in [9.17, 15) is 8.78 Å². The quantitative estimate of drug-likeness (QED) is 0.838. The topological polar surface area (TPSA) is 37.8 Å². The predicted molar refractivity (Wildman–Crippen MR) is 61.9 cm³/mol. The van der Waals surface area contributed by atoms with Crippen LogP contribution in [0.4, 0.5) is 14.6 Å². The van der Waals surface area contributed by atoms with Crippen molar-refractivity contribution in [3.8, 4) is 11.3 Å². The number of hydrogen-bond acceptors (Lipinski definition) is 3. The third-order valence-corrected chi connectivity index (χ3v) is 2.51. The molecule has 1 N–H and O–H groups in total. The van der Waals surface area contributed by atoms with Crippen LogP contribution in [-0.2, 0) is 0 Å². The van der Waals surface area contributed by atoms with Crippen LogP contribution in [-0.4, -0.2) is 17.0 Å². The molecule has 0 aliphatic heterocycles. The van der Waals surface area contributed by atoms with Gasteiger partial charge in [-0.15, -0.1) is 0 Å². The number of halogens is 3. The molecule has 6 heteroatoms. The number of rotatable bonds is 2. The molecule has 0 amide bonds. The molecule has 0 radical (unpaired) electrons. The average molecular weight is 256 g/mol. The third-order valence-electron chi connectivity index (χ3n) is 2.19. The predicted octanol–water partition coefficient (Wildman–Crippen LogP) is 3.12. The Morgan fingerprint density at radius 1 is 1.24 bits per heavy atom. The molecule has 0 fully saturated rings. The number of anilines is 1. The first-order chi connectivity index (χ1) is 8.13. The molecule has 88 valence electrons. The highest BCUT2D eigenvalue weighted by molar-refractivity contribution is 6.33. The summed E-state index contributed by atoms with van der Waals surface area (Å²) >= 11 is 5.84. The zero-order valence-electron chi connectivity index (χ0n) is 8.84. The van der Waals surface area contributed by atoms with Crippen LogP contribution in [0.15, 0.2) is 24.5 Å². The Balaban J connectivity index is 2.63. The highest BCUT2D eigenvalue weighted by Gasteiger charge is 2.16. The molecule has 0 atom stereocenters. The molecule has 1 aromatic heterocycles. The Morgan fingerprint density at radius 3 is 2.71 bits per heavy atom. The first kappa shape index (κ1) is 11.7. The summed E-state index contributed by atoms with van der Waals surface area (Å²) in [6.45, 7) is 0. The van der Waals surface area contributed by atoms with E-state index in [0.717, 1.165) is 6.07 Å². The number of aromatic nitrogens is 2. The van der Waals surface area contributed by atoms with Gasteiger partial charge in [0.25, 0.3) is 0 Å². The molecule has 0 unspecified atom stereocenters. The van der Waals surface area contributed by atoms with Crippen molar-refractivity contribution in [3.05, 3.63) is 41.2 Å². The Hall–Kier alpha value is -1.75. The minimum atomic E-state index is -1.03. The second kappa shape index (κ2) is 4.63. The molecule has 0 bridgehead atoms. The normalized spacial score (nSPS) is 10.4. The fraction of sp³-hybridized carbons (Fsp3) is 0.0909. The van der Waals surface area contributed by atoms with Gasteiger partial charge in [-0.25, -0.2) is 13.8 Å². The second-order valence-electron chi connectivity index (χ2n) is 3.26. The van der Waals surface area contributed by atoms with Crippen LogP contribution in [0.1, 0.15) is 0 Å². The first-order valence-corrected chi connectivity index (χ1v) is 5.15. The van der Waals surface area contributed by atoms with Gasteiger partial charge in [0.1, 0.15) is 5.82 Å². The highest BCUT2D eigenvalue weighted by atomic mass is 35.5. The van der Waals surface area contributed by atoms with Crippen LogP contribution < -0.4 is 5.32 Å². The zero-order valence-corrected chi connectivity index (χ0v) is 9.59. The van der Waals surface area contributed by atoms with Crippen molar-refractivity contribution in [2.24, 2.45) is 0 Å². The van der Waals surface area contributed by atoms with Crippen molar-refractivity contribution in [2.75, 3.05) is 12.4 Å². The van der Waals surface area contributed by atoms with Crippen LogP contribution in [0.3, 0.4) is 0 Å². The van der Waals surface area contributed by atoms with Crippen LogP contribution in [0.2, 0.25) is 5.02 Å². The summed E-state index contributed by atoms with van der Waals surface area (Å²) in [6.07, 6.45) is 2.79. The van der Waals surface area contributed by atoms with E-state index in [-0.39, 0.29) is 16.3 Å². The molecule has 1 aromatic carbocycles. The Morgan fingerprint density at radius 2 is 2.00 bits per heavy atom. The molecule has 0 aliphatic rings. The Kier molecular flexibility index (Phi) is 3.19.